The number of nitrogens with one attached hydrogen (secondary N) is 1. The van der Waals surface area contributed by atoms with Gasteiger partial charge in [0.25, 0.3) is 0 Å². The Morgan fingerprint density at radius 2 is 1.54 bits per heavy atom. The summed E-state index contributed by atoms with van der Waals surface area (Å²) in [4.78, 5) is 16.6. The zero-order valence-electron chi connectivity index (χ0n) is 19.7. The largest absolute Gasteiger partial charge is 0.416 e. The molecule has 0 bridgehead atoms. The van der Waals surface area contributed by atoms with Crippen LogP contribution in [0, 0.1) is 5.82 Å². The molecule has 37 heavy (non-hydrogen) atoms. The molecule has 1 unspecified atom stereocenters. The Labute approximate surface area is 212 Å². The number of rotatable bonds is 7. The van der Waals surface area contributed by atoms with Gasteiger partial charge in [-0.3, -0.25) is 4.79 Å². The Morgan fingerprint density at radius 3 is 2.16 bits per heavy atom. The normalized spacial score (nSPS) is 15.5. The third-order valence-electron chi connectivity index (χ3n) is 6.13. The molecule has 1 atom stereocenters. The Bertz CT molecular complexity index is 1330. The fourth-order valence-electron chi connectivity index (χ4n) is 4.18. The van der Waals surface area contributed by atoms with Gasteiger partial charge in [0, 0.05) is 31.9 Å². The molecular weight excluding hydrogens is 510 g/mol. The number of nitrogens with zero attached hydrogens (tertiary/aromatic N) is 2. The third-order valence-corrected chi connectivity index (χ3v) is 7.62. The molecule has 0 saturated carbocycles. The average Bonchev–Trinajstić information content (AvgIpc) is 2.88. The van der Waals surface area contributed by atoms with Gasteiger partial charge >= 0.3 is 6.18 Å². The van der Waals surface area contributed by atoms with E-state index in [1.54, 1.807) is 41.3 Å². The minimum atomic E-state index is -4.46. The number of piperazine rings is 1. The molecule has 1 amide bonds. The van der Waals surface area contributed by atoms with Crippen molar-refractivity contribution >= 4 is 21.6 Å². The Kier molecular flexibility index (Phi) is 7.84. The number of benzene rings is 3. The van der Waals surface area contributed by atoms with Crippen LogP contribution in [0.2, 0.25) is 0 Å². The van der Waals surface area contributed by atoms with Crippen molar-refractivity contribution in [2.24, 2.45) is 0 Å². The van der Waals surface area contributed by atoms with Crippen molar-refractivity contribution in [2.45, 2.75) is 23.5 Å². The van der Waals surface area contributed by atoms with E-state index in [9.17, 15) is 30.8 Å². The summed E-state index contributed by atoms with van der Waals surface area (Å²) in [5.41, 5.74) is 0.395. The van der Waals surface area contributed by atoms with Crippen LogP contribution in [0.4, 0.5) is 23.2 Å². The van der Waals surface area contributed by atoms with E-state index in [1.165, 1.54) is 11.0 Å². The van der Waals surface area contributed by atoms with Crippen molar-refractivity contribution < 1.29 is 30.8 Å². The fraction of sp³-hybridized carbons (Fsp3) is 0.269. The number of sulfonamides is 1. The van der Waals surface area contributed by atoms with Gasteiger partial charge in [0.15, 0.2) is 0 Å². The molecule has 0 radical (unpaired) electrons. The molecule has 11 heteroatoms. The molecule has 1 aliphatic heterocycles. The van der Waals surface area contributed by atoms with Gasteiger partial charge in [-0.1, -0.05) is 36.4 Å². The lowest BCUT2D eigenvalue weighted by Crippen LogP contribution is -2.55. The fourth-order valence-corrected chi connectivity index (χ4v) is 5.37. The standard InChI is InChI=1S/C26H25F4N3O3S/c27-21-9-11-23(12-10-21)37(35,36)31-24(17-19-5-2-1-3-6-19)25(34)33-15-13-32(14-16-33)22-8-4-7-20(18-22)26(28,29)30/h1-12,18,24,31H,13-17H2. The number of anilines is 1. The summed E-state index contributed by atoms with van der Waals surface area (Å²) in [7, 11) is -4.13. The predicted molar refractivity (Wildman–Crippen MR) is 131 cm³/mol. The van der Waals surface area contributed by atoms with Crippen molar-refractivity contribution in [3.05, 3.63) is 95.8 Å². The monoisotopic (exact) mass is 535 g/mol. The Morgan fingerprint density at radius 1 is 0.892 bits per heavy atom. The second kappa shape index (κ2) is 10.9. The van der Waals surface area contributed by atoms with Crippen LogP contribution >= 0.6 is 0 Å². The van der Waals surface area contributed by atoms with Crippen molar-refractivity contribution in [1.82, 2.24) is 9.62 Å². The summed E-state index contributed by atoms with van der Waals surface area (Å²) in [6.45, 7) is 0.989. The Hall–Kier alpha value is -3.44. The van der Waals surface area contributed by atoms with Gasteiger partial charge in [-0.2, -0.15) is 17.9 Å². The minimum Gasteiger partial charge on any atom is -0.368 e. The number of amides is 1. The maximum atomic E-state index is 13.5. The number of carbonyl (C=O) groups excluding carboxylic acids is 1. The zero-order chi connectivity index (χ0) is 26.6. The molecule has 196 valence electrons. The highest BCUT2D eigenvalue weighted by molar-refractivity contribution is 7.89. The third kappa shape index (κ3) is 6.66. The van der Waals surface area contributed by atoms with Crippen LogP contribution in [0.25, 0.3) is 0 Å². The van der Waals surface area contributed by atoms with Crippen LogP contribution in [-0.4, -0.2) is 51.4 Å². The van der Waals surface area contributed by atoms with Gasteiger partial charge in [0.1, 0.15) is 11.9 Å². The highest BCUT2D eigenvalue weighted by atomic mass is 32.2. The van der Waals surface area contributed by atoms with E-state index in [-0.39, 0.29) is 37.5 Å². The van der Waals surface area contributed by atoms with Crippen molar-refractivity contribution in [3.63, 3.8) is 0 Å². The second-order valence-electron chi connectivity index (χ2n) is 8.68. The summed E-state index contributed by atoms with van der Waals surface area (Å²) < 4.78 is 81.0. The van der Waals surface area contributed by atoms with Crippen LogP contribution in [0.1, 0.15) is 11.1 Å². The van der Waals surface area contributed by atoms with E-state index >= 15 is 0 Å². The summed E-state index contributed by atoms with van der Waals surface area (Å²) in [6, 6.07) is 17.1. The number of halogens is 4. The van der Waals surface area contributed by atoms with E-state index in [2.05, 4.69) is 4.72 Å². The molecule has 3 aromatic carbocycles. The topological polar surface area (TPSA) is 69.7 Å². The molecule has 0 aliphatic carbocycles. The molecule has 1 aliphatic rings. The highest BCUT2D eigenvalue weighted by Gasteiger charge is 2.33. The number of alkyl halides is 3. The number of hydrogen-bond donors (Lipinski definition) is 1. The lowest BCUT2D eigenvalue weighted by Gasteiger charge is -2.37. The van der Waals surface area contributed by atoms with Crippen molar-refractivity contribution in [3.8, 4) is 0 Å². The van der Waals surface area contributed by atoms with Crippen molar-refractivity contribution in [1.29, 1.82) is 0 Å². The molecule has 1 heterocycles. The maximum absolute atomic E-state index is 13.5. The minimum absolute atomic E-state index is 0.0912. The summed E-state index contributed by atoms with van der Waals surface area (Å²) in [6.07, 6.45) is -4.37. The van der Waals surface area contributed by atoms with E-state index < -0.39 is 39.5 Å². The molecule has 3 aromatic rings. The average molecular weight is 536 g/mol. The van der Waals surface area contributed by atoms with E-state index in [0.29, 0.717) is 5.69 Å². The quantitative estimate of drug-likeness (QED) is 0.463. The van der Waals surface area contributed by atoms with Crippen molar-refractivity contribution in [2.75, 3.05) is 31.1 Å². The molecule has 1 N–H and O–H groups in total. The smallest absolute Gasteiger partial charge is 0.368 e. The van der Waals surface area contributed by atoms with Gasteiger partial charge in [0.05, 0.1) is 10.5 Å². The molecule has 4 rings (SSSR count). The molecule has 1 saturated heterocycles. The van der Waals surface area contributed by atoms with E-state index in [1.807, 2.05) is 0 Å². The van der Waals surface area contributed by atoms with Gasteiger partial charge in [-0.15, -0.1) is 0 Å². The van der Waals surface area contributed by atoms with Crippen LogP contribution < -0.4 is 9.62 Å². The van der Waals surface area contributed by atoms with Crippen LogP contribution in [0.15, 0.2) is 83.8 Å². The van der Waals surface area contributed by atoms with E-state index in [0.717, 1.165) is 42.0 Å². The summed E-state index contributed by atoms with van der Waals surface area (Å²) >= 11 is 0. The number of carbonyl (C=O) groups is 1. The second-order valence-corrected chi connectivity index (χ2v) is 10.4. The van der Waals surface area contributed by atoms with Gasteiger partial charge in [-0.25, -0.2) is 12.8 Å². The molecule has 0 spiro atoms. The zero-order valence-corrected chi connectivity index (χ0v) is 20.5. The molecule has 1 fully saturated rings. The molecule has 0 aromatic heterocycles. The predicted octanol–water partition coefficient (Wildman–Crippen LogP) is 4.08. The van der Waals surface area contributed by atoms with Gasteiger partial charge in [-0.05, 0) is 54.4 Å². The first-order valence-corrected chi connectivity index (χ1v) is 13.0. The van der Waals surface area contributed by atoms with Crippen LogP contribution in [0.5, 0.6) is 0 Å². The summed E-state index contributed by atoms with van der Waals surface area (Å²) in [5, 5.41) is 0. The first-order valence-electron chi connectivity index (χ1n) is 11.6. The number of hydrogen-bond acceptors (Lipinski definition) is 4. The Balaban J connectivity index is 1.49. The van der Waals surface area contributed by atoms with Crippen LogP contribution in [0.3, 0.4) is 0 Å². The van der Waals surface area contributed by atoms with Gasteiger partial charge < -0.3 is 9.80 Å². The first kappa shape index (κ1) is 26.6. The van der Waals surface area contributed by atoms with Crippen LogP contribution in [-0.2, 0) is 27.4 Å². The SMILES string of the molecule is O=C(C(Cc1ccccc1)NS(=O)(=O)c1ccc(F)cc1)N1CCN(c2cccc(C(F)(F)F)c2)CC1. The molecule has 6 nitrogen and oxygen atoms in total. The lowest BCUT2D eigenvalue weighted by molar-refractivity contribution is -0.137. The lowest BCUT2D eigenvalue weighted by atomic mass is 10.1. The highest BCUT2D eigenvalue weighted by Crippen LogP contribution is 2.32. The maximum Gasteiger partial charge on any atom is 0.416 e. The first-order chi connectivity index (χ1) is 17.5. The van der Waals surface area contributed by atoms with Gasteiger partial charge in [0.2, 0.25) is 15.9 Å². The molecular formula is C26H25F4N3O3S. The summed E-state index contributed by atoms with van der Waals surface area (Å²) in [5.74, 6) is -1.03. The van der Waals surface area contributed by atoms with E-state index in [4.69, 9.17) is 0 Å².